The summed E-state index contributed by atoms with van der Waals surface area (Å²) in [7, 11) is 1.66. The molecule has 1 aromatic heterocycles. The molecule has 1 aliphatic rings. The lowest BCUT2D eigenvalue weighted by Crippen LogP contribution is -3.12. The Morgan fingerprint density at radius 3 is 2.90 bits per heavy atom. The fraction of sp³-hybridized carbons (Fsp3) is 0.364. The lowest BCUT2D eigenvalue weighted by atomic mass is 9.99. The SMILES string of the molecule is COc1cccc(OCC2CCC[NH+](Cc3nc(-c4cccc(Cl)c4)no3)C2)c1. The lowest BCUT2D eigenvalue weighted by molar-refractivity contribution is -0.923. The highest BCUT2D eigenvalue weighted by Gasteiger charge is 2.25. The number of hydrogen-bond acceptors (Lipinski definition) is 5. The van der Waals surface area contributed by atoms with Gasteiger partial charge in [-0.05, 0) is 37.1 Å². The molecule has 0 spiro atoms. The Morgan fingerprint density at radius 2 is 2.03 bits per heavy atom. The number of aromatic nitrogens is 2. The van der Waals surface area contributed by atoms with Gasteiger partial charge in [-0.25, -0.2) is 0 Å². The minimum Gasteiger partial charge on any atom is -0.497 e. The van der Waals surface area contributed by atoms with Crippen molar-refractivity contribution in [1.29, 1.82) is 0 Å². The van der Waals surface area contributed by atoms with Gasteiger partial charge in [0.15, 0.2) is 6.54 Å². The Balaban J connectivity index is 1.32. The van der Waals surface area contributed by atoms with Crippen LogP contribution < -0.4 is 14.4 Å². The van der Waals surface area contributed by atoms with Crippen LogP contribution in [0.15, 0.2) is 53.1 Å². The molecule has 2 heterocycles. The summed E-state index contributed by atoms with van der Waals surface area (Å²) >= 11 is 6.05. The van der Waals surface area contributed by atoms with Crippen LogP contribution in [0.3, 0.4) is 0 Å². The molecule has 3 aromatic rings. The van der Waals surface area contributed by atoms with Gasteiger partial charge in [0.05, 0.1) is 26.8 Å². The second-order valence-corrected chi connectivity index (χ2v) is 7.84. The number of halogens is 1. The summed E-state index contributed by atoms with van der Waals surface area (Å²) in [6.07, 6.45) is 2.34. The predicted octanol–water partition coefficient (Wildman–Crippen LogP) is 3.27. The topological polar surface area (TPSA) is 61.8 Å². The Hall–Kier alpha value is -2.57. The van der Waals surface area contributed by atoms with Gasteiger partial charge < -0.3 is 18.9 Å². The number of ether oxygens (including phenoxy) is 2. The molecule has 29 heavy (non-hydrogen) atoms. The van der Waals surface area contributed by atoms with Crippen LogP contribution >= 0.6 is 11.6 Å². The zero-order valence-electron chi connectivity index (χ0n) is 16.4. The molecule has 0 saturated carbocycles. The van der Waals surface area contributed by atoms with Gasteiger partial charge in [-0.3, -0.25) is 0 Å². The van der Waals surface area contributed by atoms with E-state index in [2.05, 4.69) is 10.1 Å². The van der Waals surface area contributed by atoms with E-state index in [9.17, 15) is 0 Å². The number of methoxy groups -OCH3 is 1. The molecule has 0 bridgehead atoms. The summed E-state index contributed by atoms with van der Waals surface area (Å²) in [5, 5.41) is 4.77. The highest BCUT2D eigenvalue weighted by molar-refractivity contribution is 6.30. The average Bonchev–Trinajstić information content (AvgIpc) is 3.21. The molecule has 2 atom stereocenters. The van der Waals surface area contributed by atoms with E-state index in [-0.39, 0.29) is 0 Å². The van der Waals surface area contributed by atoms with Crippen molar-refractivity contribution in [3.63, 3.8) is 0 Å². The molecule has 2 unspecified atom stereocenters. The summed E-state index contributed by atoms with van der Waals surface area (Å²) < 4.78 is 16.7. The van der Waals surface area contributed by atoms with Gasteiger partial charge in [0.25, 0.3) is 5.89 Å². The van der Waals surface area contributed by atoms with Crippen LogP contribution in [0.5, 0.6) is 11.5 Å². The highest BCUT2D eigenvalue weighted by atomic mass is 35.5. The Morgan fingerprint density at radius 1 is 1.17 bits per heavy atom. The van der Waals surface area contributed by atoms with Gasteiger partial charge in [-0.1, -0.05) is 35.0 Å². The molecule has 1 fully saturated rings. The van der Waals surface area contributed by atoms with Crippen LogP contribution in [0.1, 0.15) is 18.7 Å². The standard InChI is InChI=1S/C22H24ClN3O3/c1-27-19-8-3-9-20(12-19)28-15-16-5-4-10-26(13-16)14-21-24-22(25-29-21)17-6-2-7-18(23)11-17/h2-3,6-9,11-12,16H,4-5,10,13-15H2,1H3/p+1. The normalized spacial score (nSPS) is 19.1. The predicted molar refractivity (Wildman–Crippen MR) is 110 cm³/mol. The van der Waals surface area contributed by atoms with Crippen LogP contribution in [0.2, 0.25) is 5.02 Å². The number of nitrogens with one attached hydrogen (secondary N) is 1. The molecule has 1 N–H and O–H groups in total. The number of rotatable bonds is 7. The summed E-state index contributed by atoms with van der Waals surface area (Å²) in [6.45, 7) is 3.56. The monoisotopic (exact) mass is 414 g/mol. The van der Waals surface area contributed by atoms with Crippen molar-refractivity contribution in [3.8, 4) is 22.9 Å². The molecule has 7 heteroatoms. The zero-order valence-corrected chi connectivity index (χ0v) is 17.2. The number of hydrogen-bond donors (Lipinski definition) is 1. The quantitative estimate of drug-likeness (QED) is 0.643. The molecule has 6 nitrogen and oxygen atoms in total. The van der Waals surface area contributed by atoms with Crippen molar-refractivity contribution in [2.75, 3.05) is 26.8 Å². The Kier molecular flexibility index (Phi) is 6.32. The molecule has 1 saturated heterocycles. The fourth-order valence-corrected chi connectivity index (χ4v) is 3.94. The van der Waals surface area contributed by atoms with Crippen LogP contribution in [-0.2, 0) is 6.54 Å². The summed E-state index contributed by atoms with van der Waals surface area (Å²) in [5.41, 5.74) is 0.866. The van der Waals surface area contributed by atoms with Crippen molar-refractivity contribution < 1.29 is 18.9 Å². The third kappa shape index (κ3) is 5.28. The maximum Gasteiger partial charge on any atom is 0.282 e. The van der Waals surface area contributed by atoms with Crippen LogP contribution in [-0.4, -0.2) is 36.9 Å². The first kappa shape index (κ1) is 19.7. The van der Waals surface area contributed by atoms with E-state index < -0.39 is 0 Å². The molecule has 152 valence electrons. The first-order valence-electron chi connectivity index (χ1n) is 9.88. The van der Waals surface area contributed by atoms with E-state index in [1.165, 1.54) is 11.3 Å². The van der Waals surface area contributed by atoms with Gasteiger partial charge in [0.1, 0.15) is 11.5 Å². The summed E-state index contributed by atoms with van der Waals surface area (Å²) in [4.78, 5) is 5.99. The third-order valence-corrected chi connectivity index (χ3v) is 5.43. The number of nitrogens with zero attached hydrogens (tertiary/aromatic N) is 2. The van der Waals surface area contributed by atoms with Crippen molar-refractivity contribution in [2.24, 2.45) is 5.92 Å². The van der Waals surface area contributed by atoms with Crippen LogP contribution in [0.4, 0.5) is 0 Å². The number of quaternary nitrogens is 1. The molecule has 2 aromatic carbocycles. The molecule has 0 amide bonds. The molecule has 0 radical (unpaired) electrons. The molecular weight excluding hydrogens is 390 g/mol. The average molecular weight is 415 g/mol. The third-order valence-electron chi connectivity index (χ3n) is 5.20. The van der Waals surface area contributed by atoms with E-state index in [4.69, 9.17) is 25.6 Å². The maximum atomic E-state index is 6.05. The number of likely N-dealkylation sites (tertiary alicyclic amines) is 1. The van der Waals surface area contributed by atoms with Crippen LogP contribution in [0, 0.1) is 5.92 Å². The van der Waals surface area contributed by atoms with E-state index >= 15 is 0 Å². The minimum absolute atomic E-state index is 0.500. The largest absolute Gasteiger partial charge is 0.497 e. The molecule has 4 rings (SSSR count). The first-order chi connectivity index (χ1) is 14.2. The van der Waals surface area contributed by atoms with Gasteiger partial charge >= 0.3 is 0 Å². The van der Waals surface area contributed by atoms with Crippen molar-refractivity contribution in [2.45, 2.75) is 19.4 Å². The summed E-state index contributed by atoms with van der Waals surface area (Å²) in [5.74, 6) is 3.39. The first-order valence-corrected chi connectivity index (χ1v) is 10.3. The fourth-order valence-electron chi connectivity index (χ4n) is 3.75. The summed E-state index contributed by atoms with van der Waals surface area (Å²) in [6, 6.07) is 15.2. The molecule has 1 aliphatic heterocycles. The maximum absolute atomic E-state index is 6.05. The number of piperidine rings is 1. The molecular formula is C22H25ClN3O3+. The van der Waals surface area contributed by atoms with Crippen molar-refractivity contribution >= 4 is 11.6 Å². The van der Waals surface area contributed by atoms with Gasteiger partial charge in [0, 0.05) is 22.6 Å². The second kappa shape index (κ2) is 9.29. The van der Waals surface area contributed by atoms with Crippen molar-refractivity contribution in [3.05, 3.63) is 59.4 Å². The van der Waals surface area contributed by atoms with E-state index in [1.807, 2.05) is 48.5 Å². The Labute approximate surface area is 175 Å². The lowest BCUT2D eigenvalue weighted by Gasteiger charge is -2.28. The Bertz CT molecular complexity index is 946. The van der Waals surface area contributed by atoms with Gasteiger partial charge in [0.2, 0.25) is 5.82 Å². The molecule has 0 aliphatic carbocycles. The minimum atomic E-state index is 0.500. The van der Waals surface area contributed by atoms with Crippen molar-refractivity contribution in [1.82, 2.24) is 10.1 Å². The van der Waals surface area contributed by atoms with E-state index in [0.29, 0.717) is 29.3 Å². The smallest absolute Gasteiger partial charge is 0.282 e. The van der Waals surface area contributed by atoms with E-state index in [0.717, 1.165) is 43.1 Å². The highest BCUT2D eigenvalue weighted by Crippen LogP contribution is 2.21. The second-order valence-electron chi connectivity index (χ2n) is 7.40. The zero-order chi connectivity index (χ0) is 20.1. The number of benzene rings is 2. The van der Waals surface area contributed by atoms with Crippen LogP contribution in [0.25, 0.3) is 11.4 Å². The van der Waals surface area contributed by atoms with Gasteiger partial charge in [-0.2, -0.15) is 4.98 Å². The van der Waals surface area contributed by atoms with E-state index in [1.54, 1.807) is 7.11 Å². The van der Waals surface area contributed by atoms with Gasteiger partial charge in [-0.15, -0.1) is 0 Å².